The summed E-state index contributed by atoms with van der Waals surface area (Å²) in [7, 11) is 0. The van der Waals surface area contributed by atoms with Gasteiger partial charge in [0.15, 0.2) is 0 Å². The molecule has 0 radical (unpaired) electrons. The molecule has 2 rings (SSSR count). The second kappa shape index (κ2) is 4.86. The summed E-state index contributed by atoms with van der Waals surface area (Å²) >= 11 is 1.63. The zero-order valence-electron chi connectivity index (χ0n) is 10.4. The van der Waals surface area contributed by atoms with Crippen LogP contribution in [0.2, 0.25) is 0 Å². The van der Waals surface area contributed by atoms with Gasteiger partial charge in [-0.2, -0.15) is 5.10 Å². The number of carboxylic acids is 1. The van der Waals surface area contributed by atoms with E-state index in [1.165, 1.54) is 11.1 Å². The lowest BCUT2D eigenvalue weighted by molar-refractivity contribution is 0.0690. The number of benzene rings is 1. The SMILES string of the molecule is CSc1cc(C)c(C)cc1-c1cc(C(=O)O)[nH]n1. The van der Waals surface area contributed by atoms with Gasteiger partial charge in [-0.3, -0.25) is 5.10 Å². The van der Waals surface area contributed by atoms with Crippen molar-refractivity contribution in [3.05, 3.63) is 35.0 Å². The van der Waals surface area contributed by atoms with E-state index in [-0.39, 0.29) is 5.69 Å². The predicted octanol–water partition coefficient (Wildman–Crippen LogP) is 3.11. The number of nitrogens with one attached hydrogen (secondary N) is 1. The Morgan fingerprint density at radius 2 is 1.94 bits per heavy atom. The first-order chi connectivity index (χ1) is 8.52. The number of aromatic nitrogens is 2. The summed E-state index contributed by atoms with van der Waals surface area (Å²) in [6, 6.07) is 5.71. The van der Waals surface area contributed by atoms with Crippen LogP contribution < -0.4 is 0 Å². The van der Waals surface area contributed by atoms with Crippen molar-refractivity contribution in [1.29, 1.82) is 0 Å². The number of carbonyl (C=O) groups is 1. The largest absolute Gasteiger partial charge is 0.477 e. The molecule has 94 valence electrons. The molecule has 2 aromatic rings. The van der Waals surface area contributed by atoms with Gasteiger partial charge in [0, 0.05) is 10.5 Å². The molecule has 0 saturated heterocycles. The van der Waals surface area contributed by atoms with E-state index >= 15 is 0 Å². The van der Waals surface area contributed by atoms with Gasteiger partial charge in [0.25, 0.3) is 0 Å². The molecule has 0 atom stereocenters. The Labute approximate surface area is 109 Å². The highest BCUT2D eigenvalue weighted by molar-refractivity contribution is 7.98. The standard InChI is InChI=1S/C13H14N2O2S/c1-7-4-9(12(18-3)5-8(7)2)10-6-11(13(16)17)15-14-10/h4-6H,1-3H3,(H,14,15)(H,16,17). The van der Waals surface area contributed by atoms with Crippen LogP contribution in [0, 0.1) is 13.8 Å². The number of hydrogen-bond acceptors (Lipinski definition) is 3. The predicted molar refractivity (Wildman–Crippen MR) is 72.2 cm³/mol. The van der Waals surface area contributed by atoms with Gasteiger partial charge in [-0.25, -0.2) is 4.79 Å². The van der Waals surface area contributed by atoms with Crippen molar-refractivity contribution in [2.75, 3.05) is 6.26 Å². The lowest BCUT2D eigenvalue weighted by atomic mass is 10.0. The van der Waals surface area contributed by atoms with Crippen LogP contribution in [-0.2, 0) is 0 Å². The lowest BCUT2D eigenvalue weighted by Crippen LogP contribution is -1.95. The minimum Gasteiger partial charge on any atom is -0.477 e. The van der Waals surface area contributed by atoms with E-state index in [1.54, 1.807) is 17.8 Å². The number of rotatable bonds is 3. The maximum Gasteiger partial charge on any atom is 0.353 e. The third kappa shape index (κ3) is 2.26. The van der Waals surface area contributed by atoms with E-state index in [2.05, 4.69) is 23.2 Å². The fourth-order valence-corrected chi connectivity index (χ4v) is 2.41. The van der Waals surface area contributed by atoms with Crippen molar-refractivity contribution in [2.45, 2.75) is 18.7 Å². The van der Waals surface area contributed by atoms with Gasteiger partial charge >= 0.3 is 5.97 Å². The van der Waals surface area contributed by atoms with E-state index in [9.17, 15) is 4.79 Å². The molecule has 0 aliphatic rings. The van der Waals surface area contributed by atoms with Gasteiger partial charge in [0.05, 0.1) is 5.69 Å². The third-order valence-corrected chi connectivity index (χ3v) is 3.68. The highest BCUT2D eigenvalue weighted by Crippen LogP contribution is 2.31. The van der Waals surface area contributed by atoms with E-state index in [0.29, 0.717) is 5.69 Å². The fourth-order valence-electron chi connectivity index (χ4n) is 1.73. The summed E-state index contributed by atoms with van der Waals surface area (Å²) in [6.45, 7) is 4.10. The number of aromatic carboxylic acids is 1. The monoisotopic (exact) mass is 262 g/mol. The number of nitrogens with zero attached hydrogens (tertiary/aromatic N) is 1. The number of aryl methyl sites for hydroxylation is 2. The highest BCUT2D eigenvalue weighted by atomic mass is 32.2. The van der Waals surface area contributed by atoms with Crippen molar-refractivity contribution in [1.82, 2.24) is 10.2 Å². The molecule has 1 aromatic heterocycles. The Bertz CT molecular complexity index is 605. The van der Waals surface area contributed by atoms with Gasteiger partial charge in [-0.1, -0.05) is 0 Å². The number of aromatic amines is 1. The van der Waals surface area contributed by atoms with Crippen LogP contribution in [0.1, 0.15) is 21.6 Å². The van der Waals surface area contributed by atoms with Crippen molar-refractivity contribution in [3.63, 3.8) is 0 Å². The van der Waals surface area contributed by atoms with Gasteiger partial charge in [0.1, 0.15) is 5.69 Å². The zero-order valence-corrected chi connectivity index (χ0v) is 11.3. The lowest BCUT2D eigenvalue weighted by Gasteiger charge is -2.08. The first kappa shape index (κ1) is 12.7. The summed E-state index contributed by atoms with van der Waals surface area (Å²) in [5.41, 5.74) is 4.13. The maximum atomic E-state index is 10.8. The Kier molecular flexibility index (Phi) is 3.43. The molecule has 0 aliphatic heterocycles. The van der Waals surface area contributed by atoms with Crippen molar-refractivity contribution >= 4 is 17.7 Å². The average Bonchev–Trinajstić information content (AvgIpc) is 2.81. The smallest absolute Gasteiger partial charge is 0.353 e. The normalized spacial score (nSPS) is 10.6. The molecule has 0 spiro atoms. The molecule has 0 aliphatic carbocycles. The molecule has 0 bridgehead atoms. The molecule has 0 amide bonds. The topological polar surface area (TPSA) is 66.0 Å². The molecule has 0 unspecified atom stereocenters. The molecule has 2 N–H and O–H groups in total. The molecular weight excluding hydrogens is 248 g/mol. The molecular formula is C13H14N2O2S. The molecule has 0 fully saturated rings. The summed E-state index contributed by atoms with van der Waals surface area (Å²) in [5, 5.41) is 15.5. The van der Waals surface area contributed by atoms with Crippen LogP contribution in [0.25, 0.3) is 11.3 Å². The van der Waals surface area contributed by atoms with E-state index in [1.807, 2.05) is 19.2 Å². The molecule has 18 heavy (non-hydrogen) atoms. The van der Waals surface area contributed by atoms with Gasteiger partial charge in [-0.15, -0.1) is 11.8 Å². The van der Waals surface area contributed by atoms with Gasteiger partial charge in [-0.05, 0) is 49.4 Å². The van der Waals surface area contributed by atoms with Crippen LogP contribution in [0.5, 0.6) is 0 Å². The van der Waals surface area contributed by atoms with Crippen LogP contribution in [-0.4, -0.2) is 27.5 Å². The summed E-state index contributed by atoms with van der Waals surface area (Å²) in [5.74, 6) is -0.997. The summed E-state index contributed by atoms with van der Waals surface area (Å²) in [4.78, 5) is 11.9. The van der Waals surface area contributed by atoms with Crippen molar-refractivity contribution < 1.29 is 9.90 Å². The first-order valence-electron chi connectivity index (χ1n) is 5.47. The maximum absolute atomic E-state index is 10.8. The Balaban J connectivity index is 2.55. The van der Waals surface area contributed by atoms with Gasteiger partial charge < -0.3 is 5.11 Å². The van der Waals surface area contributed by atoms with E-state index in [0.717, 1.165) is 10.5 Å². The molecule has 5 heteroatoms. The first-order valence-corrected chi connectivity index (χ1v) is 6.69. The minimum atomic E-state index is -0.997. The third-order valence-electron chi connectivity index (χ3n) is 2.90. The number of hydrogen-bond donors (Lipinski definition) is 2. The van der Waals surface area contributed by atoms with Crippen LogP contribution in [0.4, 0.5) is 0 Å². The Morgan fingerprint density at radius 1 is 1.28 bits per heavy atom. The highest BCUT2D eigenvalue weighted by Gasteiger charge is 2.13. The summed E-state index contributed by atoms with van der Waals surface area (Å²) < 4.78 is 0. The quantitative estimate of drug-likeness (QED) is 0.834. The van der Waals surface area contributed by atoms with Crippen molar-refractivity contribution in [3.8, 4) is 11.3 Å². The average molecular weight is 262 g/mol. The summed E-state index contributed by atoms with van der Waals surface area (Å²) in [6.07, 6.45) is 2.00. The van der Waals surface area contributed by atoms with Crippen LogP contribution >= 0.6 is 11.8 Å². The molecule has 0 saturated carbocycles. The molecule has 1 heterocycles. The Morgan fingerprint density at radius 3 is 2.50 bits per heavy atom. The molecule has 4 nitrogen and oxygen atoms in total. The Hall–Kier alpha value is -1.75. The van der Waals surface area contributed by atoms with Crippen LogP contribution in [0.3, 0.4) is 0 Å². The zero-order chi connectivity index (χ0) is 13.3. The number of H-pyrrole nitrogens is 1. The van der Waals surface area contributed by atoms with E-state index in [4.69, 9.17) is 5.11 Å². The minimum absolute atomic E-state index is 0.107. The van der Waals surface area contributed by atoms with Gasteiger partial charge in [0.2, 0.25) is 0 Å². The second-order valence-corrected chi connectivity index (χ2v) is 4.96. The van der Waals surface area contributed by atoms with Crippen LogP contribution in [0.15, 0.2) is 23.1 Å². The fraction of sp³-hybridized carbons (Fsp3) is 0.231. The van der Waals surface area contributed by atoms with Crippen molar-refractivity contribution in [2.24, 2.45) is 0 Å². The number of carboxylic acid groups (broad SMARTS) is 1. The van der Waals surface area contributed by atoms with E-state index < -0.39 is 5.97 Å². The molecule has 1 aromatic carbocycles. The number of thioether (sulfide) groups is 1. The second-order valence-electron chi connectivity index (χ2n) is 4.11.